The molecule has 1 aromatic carbocycles. The molecule has 3 heteroatoms. The van der Waals surface area contributed by atoms with Crippen molar-refractivity contribution < 1.29 is 9.13 Å². The van der Waals surface area contributed by atoms with Crippen molar-refractivity contribution in [3.63, 3.8) is 0 Å². The largest absolute Gasteiger partial charge is 0.494 e. The van der Waals surface area contributed by atoms with Crippen LogP contribution in [0.1, 0.15) is 25.3 Å². The van der Waals surface area contributed by atoms with Crippen molar-refractivity contribution in [2.45, 2.75) is 31.7 Å². The predicted molar refractivity (Wildman–Crippen MR) is 62.3 cm³/mol. The van der Waals surface area contributed by atoms with Crippen LogP contribution in [0, 0.1) is 5.82 Å². The molecular weight excluding hydrogens is 205 g/mol. The Morgan fingerprint density at radius 3 is 2.94 bits per heavy atom. The zero-order valence-corrected chi connectivity index (χ0v) is 9.85. The molecule has 1 aliphatic heterocycles. The monoisotopic (exact) mass is 223 g/mol. The van der Waals surface area contributed by atoms with Crippen LogP contribution in [0.2, 0.25) is 0 Å². The summed E-state index contributed by atoms with van der Waals surface area (Å²) < 4.78 is 18.9. The van der Waals surface area contributed by atoms with E-state index in [0.717, 1.165) is 24.9 Å². The van der Waals surface area contributed by atoms with E-state index in [1.807, 2.05) is 12.1 Å². The lowest BCUT2D eigenvalue weighted by molar-refractivity contribution is 0.372. The van der Waals surface area contributed by atoms with Gasteiger partial charge in [0.1, 0.15) is 0 Å². The van der Waals surface area contributed by atoms with Crippen molar-refractivity contribution in [2.24, 2.45) is 0 Å². The summed E-state index contributed by atoms with van der Waals surface area (Å²) in [4.78, 5) is 0. The Balaban J connectivity index is 2.21. The molecule has 0 aliphatic carbocycles. The second kappa shape index (κ2) is 4.42. The van der Waals surface area contributed by atoms with Crippen molar-refractivity contribution in [1.29, 1.82) is 0 Å². The number of rotatable bonds is 3. The van der Waals surface area contributed by atoms with Crippen LogP contribution in [0.5, 0.6) is 5.75 Å². The highest BCUT2D eigenvalue weighted by molar-refractivity contribution is 5.32. The maximum Gasteiger partial charge on any atom is 0.168 e. The van der Waals surface area contributed by atoms with Crippen molar-refractivity contribution in [1.82, 2.24) is 5.32 Å². The summed E-state index contributed by atoms with van der Waals surface area (Å²) >= 11 is 0. The summed E-state index contributed by atoms with van der Waals surface area (Å²) in [6.07, 6.45) is 2.99. The average Bonchev–Trinajstić information content (AvgIpc) is 2.68. The third-order valence-corrected chi connectivity index (χ3v) is 3.30. The van der Waals surface area contributed by atoms with Crippen LogP contribution in [-0.4, -0.2) is 19.2 Å². The number of nitrogens with one attached hydrogen (secondary N) is 1. The molecule has 1 unspecified atom stereocenters. The molecule has 1 saturated heterocycles. The highest BCUT2D eigenvalue weighted by Gasteiger charge is 2.29. The predicted octanol–water partition coefficient (Wildman–Crippen LogP) is 2.52. The molecule has 0 aromatic heterocycles. The lowest BCUT2D eigenvalue weighted by atomic mass is 9.91. The van der Waals surface area contributed by atoms with Crippen molar-refractivity contribution in [3.8, 4) is 5.75 Å². The molecule has 2 nitrogen and oxygen atoms in total. The lowest BCUT2D eigenvalue weighted by Crippen LogP contribution is -2.38. The van der Waals surface area contributed by atoms with Gasteiger partial charge in [0.15, 0.2) is 11.6 Å². The lowest BCUT2D eigenvalue weighted by Gasteiger charge is -2.24. The van der Waals surface area contributed by atoms with Crippen molar-refractivity contribution in [3.05, 3.63) is 29.6 Å². The van der Waals surface area contributed by atoms with Crippen LogP contribution in [0.15, 0.2) is 18.2 Å². The topological polar surface area (TPSA) is 21.3 Å². The Hall–Kier alpha value is -1.09. The van der Waals surface area contributed by atoms with Crippen LogP contribution in [0.25, 0.3) is 0 Å². The fraction of sp³-hybridized carbons (Fsp3) is 0.538. The molecule has 1 aliphatic rings. The van der Waals surface area contributed by atoms with Gasteiger partial charge in [-0.05, 0) is 44.4 Å². The number of hydrogen-bond donors (Lipinski definition) is 1. The van der Waals surface area contributed by atoms with Crippen LogP contribution in [0.4, 0.5) is 4.39 Å². The Kier molecular flexibility index (Phi) is 3.15. The smallest absolute Gasteiger partial charge is 0.168 e. The van der Waals surface area contributed by atoms with Gasteiger partial charge < -0.3 is 10.1 Å². The molecule has 0 radical (unpaired) electrons. The van der Waals surface area contributed by atoms with Gasteiger partial charge in [0, 0.05) is 5.54 Å². The minimum atomic E-state index is -0.222. The van der Waals surface area contributed by atoms with E-state index in [9.17, 15) is 4.39 Å². The van der Waals surface area contributed by atoms with Crippen molar-refractivity contribution >= 4 is 0 Å². The first-order chi connectivity index (χ1) is 7.64. The summed E-state index contributed by atoms with van der Waals surface area (Å²) in [5.41, 5.74) is 0.768. The molecule has 88 valence electrons. The second-order valence-electron chi connectivity index (χ2n) is 4.70. The summed E-state index contributed by atoms with van der Waals surface area (Å²) in [5.74, 6) is 0.110. The number of halogens is 1. The molecule has 0 amide bonds. The van der Waals surface area contributed by atoms with Crippen molar-refractivity contribution in [2.75, 3.05) is 13.7 Å². The minimum absolute atomic E-state index is 0.0349. The number of methoxy groups -OCH3 is 1. The normalized spacial score (nSPS) is 24.7. The fourth-order valence-electron chi connectivity index (χ4n) is 2.38. The highest BCUT2D eigenvalue weighted by atomic mass is 19.1. The maximum absolute atomic E-state index is 13.9. The zero-order valence-electron chi connectivity index (χ0n) is 9.85. The molecule has 1 heterocycles. The molecule has 0 spiro atoms. The van der Waals surface area contributed by atoms with Crippen LogP contribution in [0.3, 0.4) is 0 Å². The number of ether oxygens (including phenoxy) is 1. The SMILES string of the molecule is COc1cccc(CC2(C)CCCN2)c1F. The summed E-state index contributed by atoms with van der Waals surface area (Å²) in [6, 6.07) is 5.34. The molecular formula is C13H18FNO. The Morgan fingerprint density at radius 1 is 1.50 bits per heavy atom. The minimum Gasteiger partial charge on any atom is -0.494 e. The molecule has 0 saturated carbocycles. The van der Waals surface area contributed by atoms with E-state index in [1.165, 1.54) is 13.5 Å². The van der Waals surface area contributed by atoms with E-state index in [1.54, 1.807) is 6.07 Å². The van der Waals surface area contributed by atoms with Gasteiger partial charge in [0.05, 0.1) is 7.11 Å². The van der Waals surface area contributed by atoms with E-state index in [4.69, 9.17) is 4.74 Å². The van der Waals surface area contributed by atoms with E-state index >= 15 is 0 Å². The molecule has 2 rings (SSSR count). The first-order valence-corrected chi connectivity index (χ1v) is 5.71. The Bertz CT molecular complexity index is 372. The maximum atomic E-state index is 13.9. The molecule has 1 fully saturated rings. The van der Waals surface area contributed by atoms with Gasteiger partial charge >= 0.3 is 0 Å². The second-order valence-corrected chi connectivity index (χ2v) is 4.70. The fourth-order valence-corrected chi connectivity index (χ4v) is 2.38. The van der Waals surface area contributed by atoms with Crippen LogP contribution < -0.4 is 10.1 Å². The Morgan fingerprint density at radius 2 is 2.31 bits per heavy atom. The van der Waals surface area contributed by atoms with Gasteiger partial charge in [-0.2, -0.15) is 0 Å². The molecule has 1 atom stereocenters. The highest BCUT2D eigenvalue weighted by Crippen LogP contribution is 2.27. The van der Waals surface area contributed by atoms with Gasteiger partial charge in [-0.15, -0.1) is 0 Å². The summed E-state index contributed by atoms with van der Waals surface area (Å²) in [7, 11) is 1.50. The average molecular weight is 223 g/mol. The van der Waals surface area contributed by atoms with Crippen LogP contribution >= 0.6 is 0 Å². The summed E-state index contributed by atoms with van der Waals surface area (Å²) in [5, 5.41) is 3.44. The van der Waals surface area contributed by atoms with Gasteiger partial charge in [-0.1, -0.05) is 12.1 Å². The third-order valence-electron chi connectivity index (χ3n) is 3.30. The molecule has 1 N–H and O–H groups in total. The number of benzene rings is 1. The first kappa shape index (κ1) is 11.4. The Labute approximate surface area is 95.8 Å². The van der Waals surface area contributed by atoms with Gasteiger partial charge in [0.25, 0.3) is 0 Å². The van der Waals surface area contributed by atoms with Gasteiger partial charge in [-0.25, -0.2) is 4.39 Å². The van der Waals surface area contributed by atoms with E-state index in [-0.39, 0.29) is 11.4 Å². The molecule has 0 bridgehead atoms. The van der Waals surface area contributed by atoms with E-state index in [0.29, 0.717) is 5.75 Å². The molecule has 16 heavy (non-hydrogen) atoms. The van der Waals surface area contributed by atoms with Gasteiger partial charge in [0.2, 0.25) is 0 Å². The zero-order chi connectivity index (χ0) is 11.6. The third kappa shape index (κ3) is 2.19. The van der Waals surface area contributed by atoms with E-state index in [2.05, 4.69) is 12.2 Å². The summed E-state index contributed by atoms with van der Waals surface area (Å²) in [6.45, 7) is 3.18. The first-order valence-electron chi connectivity index (χ1n) is 5.71. The van der Waals surface area contributed by atoms with E-state index < -0.39 is 0 Å². The number of hydrogen-bond acceptors (Lipinski definition) is 2. The van der Waals surface area contributed by atoms with Gasteiger partial charge in [-0.3, -0.25) is 0 Å². The van der Waals surface area contributed by atoms with Crippen LogP contribution in [-0.2, 0) is 6.42 Å². The standard InChI is InChI=1S/C13H18FNO/c1-13(7-4-8-15-13)9-10-5-3-6-11(16-2)12(10)14/h3,5-6,15H,4,7-9H2,1-2H3. The quantitative estimate of drug-likeness (QED) is 0.850. The molecule has 1 aromatic rings.